The number of halogens is 3. The summed E-state index contributed by atoms with van der Waals surface area (Å²) in [5, 5.41) is 0. The van der Waals surface area contributed by atoms with Gasteiger partial charge in [0.25, 0.3) is 0 Å². The van der Waals surface area contributed by atoms with Gasteiger partial charge in [-0.1, -0.05) is 29.8 Å². The van der Waals surface area contributed by atoms with Crippen molar-refractivity contribution in [1.29, 1.82) is 0 Å². The predicted octanol–water partition coefficient (Wildman–Crippen LogP) is 4.78. The van der Waals surface area contributed by atoms with E-state index in [2.05, 4.69) is 12.1 Å². The molecule has 0 amide bonds. The van der Waals surface area contributed by atoms with Crippen LogP contribution in [0.1, 0.15) is 16.7 Å². The fraction of sp³-hybridized carbons (Fsp3) is 0.294. The van der Waals surface area contributed by atoms with Gasteiger partial charge in [-0.15, -0.1) is 0 Å². The lowest BCUT2D eigenvalue weighted by molar-refractivity contribution is -0.137. The monoisotopic (exact) mass is 294 g/mol. The fourth-order valence-corrected chi connectivity index (χ4v) is 2.30. The van der Waals surface area contributed by atoms with E-state index in [9.17, 15) is 13.2 Å². The summed E-state index contributed by atoms with van der Waals surface area (Å²) in [6, 6.07) is 13.6. The summed E-state index contributed by atoms with van der Waals surface area (Å²) in [7, 11) is 4.09. The topological polar surface area (TPSA) is 0 Å². The minimum absolute atomic E-state index is 0.589. The van der Waals surface area contributed by atoms with Crippen LogP contribution >= 0.6 is 0 Å². The quantitative estimate of drug-likeness (QED) is 0.715. The van der Waals surface area contributed by atoms with Crippen molar-refractivity contribution in [3.63, 3.8) is 0 Å². The molecule has 21 heavy (non-hydrogen) atoms. The van der Waals surface area contributed by atoms with Crippen LogP contribution in [0.15, 0.2) is 48.5 Å². The van der Waals surface area contributed by atoms with Crippen LogP contribution in [0.4, 0.5) is 18.9 Å². The molecule has 4 heteroatoms. The Morgan fingerprint density at radius 1 is 0.857 bits per heavy atom. The second kappa shape index (κ2) is 5.53. The first kappa shape index (κ1) is 15.6. The molecule has 0 saturated heterocycles. The number of alkyl halides is 3. The molecule has 0 heterocycles. The molecule has 0 bridgehead atoms. The molecule has 2 aromatic rings. The Hall–Kier alpha value is -1.81. The number of quaternary nitrogens is 1. The maximum atomic E-state index is 12.6. The first-order chi connectivity index (χ1) is 9.68. The molecular weight excluding hydrogens is 275 g/mol. The van der Waals surface area contributed by atoms with Gasteiger partial charge < -0.3 is 0 Å². The van der Waals surface area contributed by atoms with Crippen molar-refractivity contribution in [3.8, 4) is 0 Å². The molecule has 2 rings (SSSR count). The van der Waals surface area contributed by atoms with Gasteiger partial charge in [0.1, 0.15) is 12.2 Å². The minimum atomic E-state index is -4.28. The van der Waals surface area contributed by atoms with Crippen LogP contribution in [0, 0.1) is 6.92 Å². The molecule has 2 aromatic carbocycles. The zero-order valence-corrected chi connectivity index (χ0v) is 12.4. The largest absolute Gasteiger partial charge is 0.416 e. The van der Waals surface area contributed by atoms with Gasteiger partial charge in [0.2, 0.25) is 0 Å². The van der Waals surface area contributed by atoms with Gasteiger partial charge in [0.05, 0.1) is 19.7 Å². The molecule has 1 nitrogen and oxygen atoms in total. The van der Waals surface area contributed by atoms with Crippen LogP contribution in [0.25, 0.3) is 0 Å². The van der Waals surface area contributed by atoms with Gasteiger partial charge >= 0.3 is 6.18 Å². The number of aryl methyl sites for hydroxylation is 1. The van der Waals surface area contributed by atoms with Crippen LogP contribution in [0.5, 0.6) is 0 Å². The average Bonchev–Trinajstić information content (AvgIpc) is 2.38. The standard InChI is InChI=1S/C17H19F3N/c1-13-4-10-16(11-5-13)21(2,3)12-14-6-8-15(9-7-14)17(18,19)20/h4-11H,12H2,1-3H3/q+1. The number of hydrogen-bond acceptors (Lipinski definition) is 0. The van der Waals surface area contributed by atoms with E-state index in [-0.39, 0.29) is 0 Å². The van der Waals surface area contributed by atoms with Gasteiger partial charge in [-0.2, -0.15) is 13.2 Å². The van der Waals surface area contributed by atoms with Crippen molar-refractivity contribution in [3.05, 3.63) is 65.2 Å². The van der Waals surface area contributed by atoms with Crippen LogP contribution in [0.2, 0.25) is 0 Å². The Morgan fingerprint density at radius 2 is 1.38 bits per heavy atom. The maximum absolute atomic E-state index is 12.6. The van der Waals surface area contributed by atoms with Crippen LogP contribution in [-0.2, 0) is 12.7 Å². The third kappa shape index (κ3) is 3.85. The molecule has 0 aliphatic heterocycles. The van der Waals surface area contributed by atoms with Crippen molar-refractivity contribution in [2.24, 2.45) is 0 Å². The lowest BCUT2D eigenvalue weighted by Crippen LogP contribution is -2.39. The molecule has 0 aliphatic carbocycles. The number of hydrogen-bond donors (Lipinski definition) is 0. The molecule has 0 radical (unpaired) electrons. The van der Waals surface area contributed by atoms with E-state index in [4.69, 9.17) is 0 Å². The van der Waals surface area contributed by atoms with Crippen LogP contribution in [0.3, 0.4) is 0 Å². The van der Waals surface area contributed by atoms with Gasteiger partial charge in [-0.25, -0.2) is 0 Å². The molecule has 0 N–H and O–H groups in total. The summed E-state index contributed by atoms with van der Waals surface area (Å²) < 4.78 is 38.3. The number of benzene rings is 2. The van der Waals surface area contributed by atoms with E-state index in [1.807, 2.05) is 33.2 Å². The fourth-order valence-electron chi connectivity index (χ4n) is 2.30. The molecule has 0 atom stereocenters. The third-order valence-corrected chi connectivity index (χ3v) is 3.59. The lowest BCUT2D eigenvalue weighted by Gasteiger charge is -2.29. The highest BCUT2D eigenvalue weighted by atomic mass is 19.4. The van der Waals surface area contributed by atoms with Crippen molar-refractivity contribution < 1.29 is 13.2 Å². The van der Waals surface area contributed by atoms with Crippen LogP contribution < -0.4 is 4.48 Å². The van der Waals surface area contributed by atoms with E-state index in [1.165, 1.54) is 5.56 Å². The minimum Gasteiger partial charge on any atom is -0.292 e. The van der Waals surface area contributed by atoms with E-state index >= 15 is 0 Å². The summed E-state index contributed by atoms with van der Waals surface area (Å²) in [5.41, 5.74) is 2.59. The first-order valence-electron chi connectivity index (χ1n) is 6.75. The number of rotatable bonds is 3. The lowest BCUT2D eigenvalue weighted by atomic mass is 10.1. The maximum Gasteiger partial charge on any atom is 0.416 e. The second-order valence-corrected chi connectivity index (χ2v) is 5.87. The number of nitrogens with zero attached hydrogens (tertiary/aromatic N) is 1. The van der Waals surface area contributed by atoms with Gasteiger partial charge in [-0.3, -0.25) is 4.48 Å². The van der Waals surface area contributed by atoms with E-state index in [0.29, 0.717) is 11.0 Å². The van der Waals surface area contributed by atoms with Crippen molar-refractivity contribution >= 4 is 5.69 Å². The van der Waals surface area contributed by atoms with Crippen molar-refractivity contribution in [2.45, 2.75) is 19.6 Å². The SMILES string of the molecule is Cc1ccc([N+](C)(C)Cc2ccc(C(F)(F)F)cc2)cc1. The Labute approximate surface area is 123 Å². The molecule has 0 aliphatic rings. The third-order valence-electron chi connectivity index (χ3n) is 3.59. The molecule has 0 fully saturated rings. The molecular formula is C17H19F3N+. The van der Waals surface area contributed by atoms with E-state index in [1.54, 1.807) is 12.1 Å². The zero-order chi connectivity index (χ0) is 15.7. The normalized spacial score (nSPS) is 12.5. The second-order valence-electron chi connectivity index (χ2n) is 5.87. The summed E-state index contributed by atoms with van der Waals surface area (Å²) in [6.45, 7) is 2.67. The Bertz CT molecular complexity index is 595. The summed E-state index contributed by atoms with van der Waals surface area (Å²) in [6.07, 6.45) is -4.28. The predicted molar refractivity (Wildman–Crippen MR) is 80.0 cm³/mol. The van der Waals surface area contributed by atoms with Crippen molar-refractivity contribution in [2.75, 3.05) is 14.1 Å². The molecule has 0 aromatic heterocycles. The van der Waals surface area contributed by atoms with Gasteiger partial charge in [0.15, 0.2) is 0 Å². The molecule has 0 saturated carbocycles. The molecule has 0 unspecified atom stereocenters. The highest BCUT2D eigenvalue weighted by molar-refractivity contribution is 5.43. The average molecular weight is 294 g/mol. The molecule has 112 valence electrons. The van der Waals surface area contributed by atoms with Crippen molar-refractivity contribution in [1.82, 2.24) is 4.48 Å². The van der Waals surface area contributed by atoms with E-state index < -0.39 is 11.7 Å². The van der Waals surface area contributed by atoms with Gasteiger partial charge in [0, 0.05) is 5.56 Å². The van der Waals surface area contributed by atoms with E-state index in [0.717, 1.165) is 23.4 Å². The van der Waals surface area contributed by atoms with Gasteiger partial charge in [-0.05, 0) is 31.2 Å². The summed E-state index contributed by atoms with van der Waals surface area (Å²) in [5.74, 6) is 0. The molecule has 0 spiro atoms. The zero-order valence-electron chi connectivity index (χ0n) is 12.4. The smallest absolute Gasteiger partial charge is 0.292 e. The Kier molecular flexibility index (Phi) is 4.10. The highest BCUT2D eigenvalue weighted by Crippen LogP contribution is 2.30. The summed E-state index contributed by atoms with van der Waals surface area (Å²) >= 11 is 0. The Morgan fingerprint density at radius 3 is 1.86 bits per heavy atom. The Balaban J connectivity index is 2.18. The van der Waals surface area contributed by atoms with Crippen LogP contribution in [-0.4, -0.2) is 14.1 Å². The first-order valence-corrected chi connectivity index (χ1v) is 6.75. The summed E-state index contributed by atoms with van der Waals surface area (Å²) in [4.78, 5) is 0. The highest BCUT2D eigenvalue weighted by Gasteiger charge is 2.30.